The van der Waals surface area contributed by atoms with E-state index in [0.717, 1.165) is 55.7 Å². The van der Waals surface area contributed by atoms with Crippen molar-refractivity contribution in [3.05, 3.63) is 38.8 Å². The number of thiophene rings is 1. The van der Waals surface area contributed by atoms with Gasteiger partial charge in [0, 0.05) is 54.5 Å². The summed E-state index contributed by atoms with van der Waals surface area (Å²) < 4.78 is 9.54. The Hall–Kier alpha value is -0.530. The number of fused-ring (bicyclic) bond motifs is 2. The van der Waals surface area contributed by atoms with Gasteiger partial charge in [0.1, 0.15) is 0 Å². The first kappa shape index (κ1) is 20.7. The van der Waals surface area contributed by atoms with Gasteiger partial charge >= 0.3 is 0 Å². The van der Waals surface area contributed by atoms with E-state index < -0.39 is 0 Å². The highest BCUT2D eigenvalue weighted by Crippen LogP contribution is 2.50. The summed E-state index contributed by atoms with van der Waals surface area (Å²) in [6.45, 7) is 9.45. The fourth-order valence-electron chi connectivity index (χ4n) is 4.44. The average molecular weight is 440 g/mol. The van der Waals surface area contributed by atoms with Gasteiger partial charge < -0.3 is 4.74 Å². The van der Waals surface area contributed by atoms with E-state index in [1.807, 2.05) is 18.0 Å². The van der Waals surface area contributed by atoms with Gasteiger partial charge in [-0.1, -0.05) is 25.4 Å². The molecule has 0 aromatic carbocycles. The van der Waals surface area contributed by atoms with Crippen LogP contribution in [0.3, 0.4) is 0 Å². The van der Waals surface area contributed by atoms with Crippen LogP contribution in [-0.2, 0) is 23.4 Å². The van der Waals surface area contributed by atoms with E-state index in [2.05, 4.69) is 47.0 Å². The molecule has 1 unspecified atom stereocenters. The number of aromatic nitrogens is 2. The van der Waals surface area contributed by atoms with E-state index in [4.69, 9.17) is 16.3 Å². The number of thioether (sulfide) groups is 1. The summed E-state index contributed by atoms with van der Waals surface area (Å²) in [5, 5.41) is 4.50. The van der Waals surface area contributed by atoms with Crippen LogP contribution in [-0.4, -0.2) is 46.4 Å². The van der Waals surface area contributed by atoms with Crippen molar-refractivity contribution >= 4 is 34.7 Å². The molecule has 4 rings (SSSR count). The summed E-state index contributed by atoms with van der Waals surface area (Å²) in [7, 11) is 0. The fourth-order valence-corrected chi connectivity index (χ4v) is 6.40. The van der Waals surface area contributed by atoms with Crippen molar-refractivity contribution in [1.82, 2.24) is 14.7 Å². The molecule has 0 radical (unpaired) electrons. The Morgan fingerprint density at radius 3 is 2.89 bits per heavy atom. The van der Waals surface area contributed by atoms with Gasteiger partial charge in [-0.3, -0.25) is 9.58 Å². The van der Waals surface area contributed by atoms with Gasteiger partial charge in [-0.05, 0) is 36.6 Å². The van der Waals surface area contributed by atoms with Crippen LogP contribution in [0.5, 0.6) is 0 Å². The number of likely N-dealkylation sites (tertiary alicyclic amines) is 1. The zero-order valence-electron chi connectivity index (χ0n) is 17.0. The largest absolute Gasteiger partial charge is 0.369 e. The number of ether oxygens (including phenoxy) is 1. The summed E-state index contributed by atoms with van der Waals surface area (Å²) in [4.78, 5) is 4.00. The monoisotopic (exact) mass is 439 g/mol. The molecule has 0 N–H and O–H groups in total. The maximum Gasteiger partial charge on any atom is 0.0967 e. The van der Waals surface area contributed by atoms with Crippen LogP contribution in [0.4, 0.5) is 0 Å². The van der Waals surface area contributed by atoms with Crippen molar-refractivity contribution in [3.8, 4) is 0 Å². The average Bonchev–Trinajstić information content (AvgIpc) is 3.28. The minimum atomic E-state index is -0.136. The van der Waals surface area contributed by atoms with Crippen molar-refractivity contribution in [3.63, 3.8) is 0 Å². The van der Waals surface area contributed by atoms with E-state index in [1.54, 1.807) is 11.3 Å². The number of piperidine rings is 1. The zero-order chi connectivity index (χ0) is 19.7. The quantitative estimate of drug-likeness (QED) is 0.617. The van der Waals surface area contributed by atoms with E-state index in [1.165, 1.54) is 16.0 Å². The van der Waals surface area contributed by atoms with Crippen LogP contribution in [0.25, 0.3) is 0 Å². The molecule has 0 bridgehead atoms. The molecular formula is C21H30ClN3OS2. The molecule has 154 valence electrons. The second-order valence-electron chi connectivity index (χ2n) is 8.36. The topological polar surface area (TPSA) is 30.3 Å². The SMILES string of the molecule is CSCCn1cc(CN2CCC3(CC2)OCC(C(C)C)c2sc(Cl)cc23)cn1. The van der Waals surface area contributed by atoms with Crippen LogP contribution in [0.15, 0.2) is 18.5 Å². The van der Waals surface area contributed by atoms with Crippen LogP contribution < -0.4 is 0 Å². The molecular weight excluding hydrogens is 410 g/mol. The van der Waals surface area contributed by atoms with Crippen molar-refractivity contribution < 1.29 is 4.74 Å². The Bertz CT molecular complexity index is 795. The lowest BCUT2D eigenvalue weighted by Gasteiger charge is -2.46. The Balaban J connectivity index is 1.42. The zero-order valence-corrected chi connectivity index (χ0v) is 19.4. The van der Waals surface area contributed by atoms with E-state index in [9.17, 15) is 0 Å². The smallest absolute Gasteiger partial charge is 0.0967 e. The van der Waals surface area contributed by atoms with Crippen LogP contribution >= 0.6 is 34.7 Å². The summed E-state index contributed by atoms with van der Waals surface area (Å²) in [6, 6.07) is 2.18. The number of aryl methyl sites for hydroxylation is 1. The molecule has 0 saturated carbocycles. The number of halogens is 1. The Morgan fingerprint density at radius 2 is 2.18 bits per heavy atom. The molecule has 1 atom stereocenters. The predicted molar refractivity (Wildman–Crippen MR) is 120 cm³/mol. The second-order valence-corrected chi connectivity index (χ2v) is 11.1. The number of hydrogen-bond acceptors (Lipinski definition) is 5. The Labute approximate surface area is 181 Å². The molecule has 28 heavy (non-hydrogen) atoms. The van der Waals surface area contributed by atoms with Crippen molar-refractivity contribution in [1.29, 1.82) is 0 Å². The molecule has 2 aliphatic heterocycles. The van der Waals surface area contributed by atoms with Gasteiger partial charge in [0.15, 0.2) is 0 Å². The minimum Gasteiger partial charge on any atom is -0.369 e. The van der Waals surface area contributed by atoms with Gasteiger partial charge in [-0.25, -0.2) is 0 Å². The lowest BCUT2D eigenvalue weighted by molar-refractivity contribution is -0.109. The maximum absolute atomic E-state index is 6.57. The van der Waals surface area contributed by atoms with Gasteiger partial charge in [0.25, 0.3) is 0 Å². The maximum atomic E-state index is 6.57. The normalized spacial score (nSPS) is 22.1. The molecule has 1 fully saturated rings. The first-order valence-electron chi connectivity index (χ1n) is 10.2. The first-order chi connectivity index (χ1) is 13.5. The standard InChI is InChI=1S/C21H30ClN3OS2/c1-15(2)17-14-26-21(18-10-19(22)28-20(17)18)4-6-24(7-5-21)12-16-11-23-25(13-16)8-9-27-3/h10-11,13,15,17H,4-9,12,14H2,1-3H3. The van der Waals surface area contributed by atoms with Crippen molar-refractivity contribution in [2.45, 2.75) is 51.3 Å². The van der Waals surface area contributed by atoms with Gasteiger partial charge in [0.05, 0.1) is 22.7 Å². The molecule has 2 aromatic rings. The highest BCUT2D eigenvalue weighted by atomic mass is 35.5. The molecule has 2 aromatic heterocycles. The lowest BCUT2D eigenvalue weighted by atomic mass is 9.78. The Kier molecular flexibility index (Phi) is 6.43. The fraction of sp³-hybridized carbons (Fsp3) is 0.667. The van der Waals surface area contributed by atoms with E-state index >= 15 is 0 Å². The molecule has 4 heterocycles. The molecule has 4 nitrogen and oxygen atoms in total. The Morgan fingerprint density at radius 1 is 1.39 bits per heavy atom. The van der Waals surface area contributed by atoms with Gasteiger partial charge in [0.2, 0.25) is 0 Å². The van der Waals surface area contributed by atoms with Gasteiger partial charge in [-0.15, -0.1) is 11.3 Å². The molecule has 2 aliphatic rings. The number of nitrogens with zero attached hydrogens (tertiary/aromatic N) is 3. The predicted octanol–water partition coefficient (Wildman–Crippen LogP) is 5.22. The van der Waals surface area contributed by atoms with E-state index in [-0.39, 0.29) is 5.60 Å². The highest BCUT2D eigenvalue weighted by molar-refractivity contribution is 7.98. The molecule has 7 heteroatoms. The molecule has 1 spiro atoms. The summed E-state index contributed by atoms with van der Waals surface area (Å²) in [6.07, 6.45) is 8.43. The minimum absolute atomic E-state index is 0.136. The highest BCUT2D eigenvalue weighted by Gasteiger charge is 2.45. The van der Waals surface area contributed by atoms with Crippen molar-refractivity contribution in [2.75, 3.05) is 31.7 Å². The third-order valence-corrected chi connectivity index (χ3v) is 8.17. The van der Waals surface area contributed by atoms with Crippen LogP contribution in [0.1, 0.15) is 48.6 Å². The molecule has 1 saturated heterocycles. The summed E-state index contributed by atoms with van der Waals surface area (Å²) >= 11 is 10.1. The first-order valence-corrected chi connectivity index (χ1v) is 12.8. The third-order valence-electron chi connectivity index (χ3n) is 6.18. The summed E-state index contributed by atoms with van der Waals surface area (Å²) in [5.41, 5.74) is 2.54. The van der Waals surface area contributed by atoms with Crippen LogP contribution in [0, 0.1) is 5.92 Å². The van der Waals surface area contributed by atoms with Gasteiger partial charge in [-0.2, -0.15) is 16.9 Å². The molecule has 0 amide bonds. The summed E-state index contributed by atoms with van der Waals surface area (Å²) in [5.74, 6) is 2.16. The molecule has 0 aliphatic carbocycles. The van der Waals surface area contributed by atoms with Crippen LogP contribution in [0.2, 0.25) is 4.34 Å². The third kappa shape index (κ3) is 4.17. The number of rotatable bonds is 6. The number of hydrogen-bond donors (Lipinski definition) is 0. The van der Waals surface area contributed by atoms with Crippen molar-refractivity contribution in [2.24, 2.45) is 5.92 Å². The second kappa shape index (κ2) is 8.68. The lowest BCUT2D eigenvalue weighted by Crippen LogP contribution is -2.46. The van der Waals surface area contributed by atoms with E-state index in [0.29, 0.717) is 11.8 Å².